The zero-order chi connectivity index (χ0) is 35.0. The molecular weight excluding hydrogens is 636 g/mol. The Kier molecular flexibility index (Phi) is 6.70. The number of phenolic OH excluding ortho intramolecular Hbond substituents is 5. The van der Waals surface area contributed by atoms with Crippen molar-refractivity contribution in [1.82, 2.24) is 0 Å². The van der Waals surface area contributed by atoms with Gasteiger partial charge in [0.15, 0.2) is 11.5 Å². The van der Waals surface area contributed by atoms with Gasteiger partial charge in [-0.05, 0) is 80.0 Å². The number of rotatable bonds is 4. The number of furan rings is 1. The summed E-state index contributed by atoms with van der Waals surface area (Å²) in [5.74, 6) is -4.30. The van der Waals surface area contributed by atoms with E-state index in [9.17, 15) is 25.5 Å². The summed E-state index contributed by atoms with van der Waals surface area (Å²) in [5.41, 5.74) is 9.31. The van der Waals surface area contributed by atoms with Gasteiger partial charge in [0.05, 0.1) is 5.56 Å². The van der Waals surface area contributed by atoms with Crippen LogP contribution in [0.5, 0.6) is 28.7 Å². The molecule has 0 aliphatic rings. The van der Waals surface area contributed by atoms with Crippen LogP contribution in [0.2, 0.25) is 0 Å². The summed E-state index contributed by atoms with van der Waals surface area (Å²) >= 11 is 0. The van der Waals surface area contributed by atoms with Crippen LogP contribution in [0, 0.1) is 6.92 Å². The van der Waals surface area contributed by atoms with Gasteiger partial charge in [-0.2, -0.15) is 0 Å². The summed E-state index contributed by atoms with van der Waals surface area (Å²) in [7, 11) is 0. The van der Waals surface area contributed by atoms with Gasteiger partial charge in [-0.15, -0.1) is 0 Å². The molecule has 246 valence electrons. The van der Waals surface area contributed by atoms with Gasteiger partial charge in [-0.25, -0.2) is 0 Å². The minimum atomic E-state index is -0.997. The topological polar surface area (TPSA) is 114 Å². The molecule has 0 amide bonds. The van der Waals surface area contributed by atoms with Crippen LogP contribution in [0.15, 0.2) is 138 Å². The van der Waals surface area contributed by atoms with Crippen molar-refractivity contribution in [2.24, 2.45) is 0 Å². The molecule has 6 nitrogen and oxygen atoms in total. The zero-order valence-corrected chi connectivity index (χ0v) is 27.3. The molecule has 8 aromatic carbocycles. The SMILES string of the molecule is Cc1ccccc1-c1ccc2oc3ccccc3c2c1-c1ccc(-c2c3ccccc3c(-c3c(O)c(O)c(O)c(O)c3O)c3ccccc23)cc1. The summed E-state index contributed by atoms with van der Waals surface area (Å²) in [5, 5.41) is 58.3. The van der Waals surface area contributed by atoms with Gasteiger partial charge in [0.25, 0.3) is 0 Å². The summed E-state index contributed by atoms with van der Waals surface area (Å²) in [6.45, 7) is 2.13. The van der Waals surface area contributed by atoms with E-state index in [1.165, 1.54) is 5.56 Å². The van der Waals surface area contributed by atoms with E-state index in [0.717, 1.165) is 66.1 Å². The van der Waals surface area contributed by atoms with Crippen molar-refractivity contribution in [1.29, 1.82) is 0 Å². The van der Waals surface area contributed by atoms with Crippen molar-refractivity contribution in [3.63, 3.8) is 0 Å². The molecule has 9 rings (SSSR count). The number of phenols is 5. The minimum Gasteiger partial charge on any atom is -0.504 e. The summed E-state index contributed by atoms with van der Waals surface area (Å²) in [6, 6.07) is 44.4. The third kappa shape index (κ3) is 4.43. The second kappa shape index (κ2) is 11.3. The second-order valence-corrected chi connectivity index (χ2v) is 12.8. The lowest BCUT2D eigenvalue weighted by Crippen LogP contribution is -1.93. The van der Waals surface area contributed by atoms with Crippen molar-refractivity contribution in [2.45, 2.75) is 6.92 Å². The fourth-order valence-electron chi connectivity index (χ4n) is 7.65. The molecule has 0 atom stereocenters. The van der Waals surface area contributed by atoms with Crippen LogP contribution >= 0.6 is 0 Å². The van der Waals surface area contributed by atoms with Gasteiger partial charge in [-0.1, -0.05) is 115 Å². The summed E-state index contributed by atoms with van der Waals surface area (Å²) < 4.78 is 6.33. The fraction of sp³-hybridized carbons (Fsp3) is 0.0222. The molecule has 0 bridgehead atoms. The Bertz CT molecular complexity index is 2780. The first kappa shape index (κ1) is 30.2. The Morgan fingerprint density at radius 3 is 1.41 bits per heavy atom. The molecule has 0 saturated carbocycles. The van der Waals surface area contributed by atoms with Gasteiger partial charge in [0.1, 0.15) is 11.2 Å². The number of aromatic hydroxyl groups is 5. The molecular formula is C45H30O6. The van der Waals surface area contributed by atoms with E-state index in [1.807, 2.05) is 66.7 Å². The van der Waals surface area contributed by atoms with Crippen molar-refractivity contribution in [3.8, 4) is 73.3 Å². The highest BCUT2D eigenvalue weighted by atomic mass is 16.4. The third-order valence-corrected chi connectivity index (χ3v) is 9.99. The first-order chi connectivity index (χ1) is 24.8. The van der Waals surface area contributed by atoms with Gasteiger partial charge in [0, 0.05) is 21.9 Å². The van der Waals surface area contributed by atoms with E-state index in [1.54, 1.807) is 0 Å². The molecule has 1 aromatic heterocycles. The number of hydrogen-bond acceptors (Lipinski definition) is 6. The van der Waals surface area contributed by atoms with Crippen molar-refractivity contribution >= 4 is 43.5 Å². The largest absolute Gasteiger partial charge is 0.504 e. The lowest BCUT2D eigenvalue weighted by atomic mass is 9.84. The highest BCUT2D eigenvalue weighted by molar-refractivity contribution is 6.23. The van der Waals surface area contributed by atoms with Crippen LogP contribution < -0.4 is 0 Å². The Morgan fingerprint density at radius 1 is 0.353 bits per heavy atom. The number of hydrogen-bond donors (Lipinski definition) is 5. The molecule has 6 heteroatoms. The standard InChI is InChI=1S/C45H30O6/c1-24-10-2-3-11-27(24)32-22-23-35-39(33-16-8-9-17-34(33)51-35)37(32)26-20-18-25(19-21-26)36-28-12-4-6-14-30(28)38(31-15-7-5-13-29(31)36)40-41(46)43(48)45(50)44(49)42(40)47/h2-23,46-50H,1H3. The number of fused-ring (bicyclic) bond motifs is 5. The second-order valence-electron chi connectivity index (χ2n) is 12.8. The number of benzene rings is 8. The highest BCUT2D eigenvalue weighted by Crippen LogP contribution is 2.57. The van der Waals surface area contributed by atoms with Crippen LogP contribution in [0.4, 0.5) is 0 Å². The normalized spacial score (nSPS) is 11.6. The quantitative estimate of drug-likeness (QED) is 0.0725. The summed E-state index contributed by atoms with van der Waals surface area (Å²) in [6.07, 6.45) is 0. The van der Waals surface area contributed by atoms with Gasteiger partial charge >= 0.3 is 0 Å². The van der Waals surface area contributed by atoms with E-state index >= 15 is 0 Å². The lowest BCUT2D eigenvalue weighted by molar-refractivity contribution is 0.330. The van der Waals surface area contributed by atoms with Crippen molar-refractivity contribution in [2.75, 3.05) is 0 Å². The third-order valence-electron chi connectivity index (χ3n) is 9.99. The Balaban J connectivity index is 1.31. The van der Waals surface area contributed by atoms with E-state index < -0.39 is 28.7 Å². The molecule has 5 N–H and O–H groups in total. The number of para-hydroxylation sites is 1. The monoisotopic (exact) mass is 666 g/mol. The van der Waals surface area contributed by atoms with Crippen molar-refractivity contribution in [3.05, 3.63) is 139 Å². The minimum absolute atomic E-state index is 0.179. The first-order valence-electron chi connectivity index (χ1n) is 16.6. The Morgan fingerprint density at radius 2 is 0.824 bits per heavy atom. The predicted octanol–water partition coefficient (Wildman–Crippen LogP) is 11.4. The maximum Gasteiger partial charge on any atom is 0.208 e. The highest BCUT2D eigenvalue weighted by Gasteiger charge is 2.28. The molecule has 0 fully saturated rings. The molecule has 0 saturated heterocycles. The predicted molar refractivity (Wildman–Crippen MR) is 204 cm³/mol. The van der Waals surface area contributed by atoms with Crippen LogP contribution in [-0.2, 0) is 0 Å². The van der Waals surface area contributed by atoms with Gasteiger partial charge in [0.2, 0.25) is 17.2 Å². The lowest BCUT2D eigenvalue weighted by Gasteiger charge is -2.20. The fourth-order valence-corrected chi connectivity index (χ4v) is 7.65. The molecule has 9 aromatic rings. The first-order valence-corrected chi connectivity index (χ1v) is 16.6. The van der Waals surface area contributed by atoms with Crippen LogP contribution in [0.1, 0.15) is 5.56 Å². The maximum atomic E-state index is 11.0. The molecule has 51 heavy (non-hydrogen) atoms. The van der Waals surface area contributed by atoms with E-state index in [4.69, 9.17) is 4.42 Å². The Hall–Kier alpha value is -6.92. The van der Waals surface area contributed by atoms with Gasteiger partial charge < -0.3 is 29.9 Å². The zero-order valence-electron chi connectivity index (χ0n) is 27.3. The number of aryl methyl sites for hydroxylation is 1. The molecule has 0 spiro atoms. The van der Waals surface area contributed by atoms with Crippen LogP contribution in [-0.4, -0.2) is 25.5 Å². The van der Waals surface area contributed by atoms with E-state index in [0.29, 0.717) is 16.3 Å². The van der Waals surface area contributed by atoms with Gasteiger partial charge in [-0.3, -0.25) is 0 Å². The smallest absolute Gasteiger partial charge is 0.208 e. The Labute approximate surface area is 292 Å². The van der Waals surface area contributed by atoms with E-state index in [2.05, 4.69) is 73.7 Å². The molecule has 0 unspecified atom stereocenters. The van der Waals surface area contributed by atoms with Crippen molar-refractivity contribution < 1.29 is 29.9 Å². The average molecular weight is 667 g/mol. The summed E-state index contributed by atoms with van der Waals surface area (Å²) in [4.78, 5) is 0. The molecule has 0 aliphatic carbocycles. The van der Waals surface area contributed by atoms with Crippen LogP contribution in [0.3, 0.4) is 0 Å². The average Bonchev–Trinajstić information content (AvgIpc) is 3.55. The van der Waals surface area contributed by atoms with Crippen LogP contribution in [0.25, 0.3) is 88.0 Å². The molecule has 1 heterocycles. The van der Waals surface area contributed by atoms with E-state index in [-0.39, 0.29) is 5.56 Å². The molecule has 0 radical (unpaired) electrons. The maximum absolute atomic E-state index is 11.0. The molecule has 0 aliphatic heterocycles.